The van der Waals surface area contributed by atoms with Gasteiger partial charge in [0.2, 0.25) is 0 Å². The lowest BCUT2D eigenvalue weighted by Crippen LogP contribution is -2.27. The van der Waals surface area contributed by atoms with E-state index in [1.165, 1.54) is 36.4 Å². The number of amides is 2. The van der Waals surface area contributed by atoms with Crippen molar-refractivity contribution >= 4 is 34.7 Å². The summed E-state index contributed by atoms with van der Waals surface area (Å²) in [5.74, 6) is -0.210. The number of carbonyl (C=O) groups excluding carboxylic acids is 2. The van der Waals surface area contributed by atoms with E-state index < -0.39 is 5.91 Å². The molecule has 2 amide bonds. The maximum absolute atomic E-state index is 12.4. The Morgan fingerprint density at radius 1 is 0.864 bits per heavy atom. The Balaban J connectivity index is 1.91. The summed E-state index contributed by atoms with van der Waals surface area (Å²) >= 11 is 0.853. The van der Waals surface area contributed by atoms with Crippen LogP contribution in [0.4, 0.5) is 10.5 Å². The number of benzene rings is 2. The largest absolute Gasteiger partial charge is 0.508 e. The van der Waals surface area contributed by atoms with Gasteiger partial charge in [0, 0.05) is 0 Å². The van der Waals surface area contributed by atoms with Gasteiger partial charge in [-0.3, -0.25) is 9.59 Å². The van der Waals surface area contributed by atoms with Crippen LogP contribution in [0.3, 0.4) is 0 Å². The van der Waals surface area contributed by atoms with E-state index in [2.05, 4.69) is 0 Å². The van der Waals surface area contributed by atoms with Crippen molar-refractivity contribution in [3.63, 3.8) is 0 Å². The fourth-order valence-corrected chi connectivity index (χ4v) is 2.86. The third kappa shape index (κ3) is 2.68. The van der Waals surface area contributed by atoms with E-state index in [0.29, 0.717) is 16.2 Å². The highest BCUT2D eigenvalue weighted by Gasteiger charge is 2.36. The second kappa shape index (κ2) is 5.57. The SMILES string of the molecule is O=C1S/C(=C/c2ccc(O)cc2)C(=O)N1c1ccc(O)cc1. The van der Waals surface area contributed by atoms with Gasteiger partial charge in [0.1, 0.15) is 11.5 Å². The first-order valence-corrected chi connectivity index (χ1v) is 7.22. The zero-order valence-corrected chi connectivity index (χ0v) is 12.1. The van der Waals surface area contributed by atoms with E-state index in [1.54, 1.807) is 18.2 Å². The number of thioether (sulfide) groups is 1. The van der Waals surface area contributed by atoms with E-state index >= 15 is 0 Å². The molecule has 0 aromatic heterocycles. The molecule has 5 nitrogen and oxygen atoms in total. The molecular weight excluding hydrogens is 302 g/mol. The number of anilines is 1. The fraction of sp³-hybridized carbons (Fsp3) is 0. The highest BCUT2D eigenvalue weighted by molar-refractivity contribution is 8.19. The summed E-state index contributed by atoms with van der Waals surface area (Å²) in [7, 11) is 0. The molecule has 0 unspecified atom stereocenters. The molecule has 0 atom stereocenters. The average Bonchev–Trinajstić information content (AvgIpc) is 2.77. The van der Waals surface area contributed by atoms with E-state index in [0.717, 1.165) is 16.7 Å². The molecule has 1 heterocycles. The van der Waals surface area contributed by atoms with Gasteiger partial charge in [0.25, 0.3) is 11.1 Å². The van der Waals surface area contributed by atoms with Gasteiger partial charge in [-0.1, -0.05) is 12.1 Å². The van der Waals surface area contributed by atoms with Crippen LogP contribution in [-0.4, -0.2) is 21.4 Å². The van der Waals surface area contributed by atoms with Crippen molar-refractivity contribution in [3.8, 4) is 11.5 Å². The highest BCUT2D eigenvalue weighted by Crippen LogP contribution is 2.36. The molecule has 1 aliphatic rings. The Hall–Kier alpha value is -2.73. The predicted octanol–water partition coefficient (Wildman–Crippen LogP) is 3.34. The molecule has 1 fully saturated rings. The number of hydrogen-bond donors (Lipinski definition) is 2. The minimum Gasteiger partial charge on any atom is -0.508 e. The Bertz CT molecular complexity index is 766. The minimum absolute atomic E-state index is 0.0651. The first-order valence-electron chi connectivity index (χ1n) is 6.40. The van der Waals surface area contributed by atoms with Gasteiger partial charge < -0.3 is 10.2 Å². The first-order chi connectivity index (χ1) is 10.5. The van der Waals surface area contributed by atoms with Gasteiger partial charge in [0.05, 0.1) is 10.6 Å². The molecule has 6 heteroatoms. The zero-order valence-electron chi connectivity index (χ0n) is 11.3. The Labute approximate surface area is 130 Å². The molecule has 0 radical (unpaired) electrons. The lowest BCUT2D eigenvalue weighted by molar-refractivity contribution is -0.113. The summed E-state index contributed by atoms with van der Waals surface area (Å²) in [6, 6.07) is 12.2. The van der Waals surface area contributed by atoms with Crippen LogP contribution < -0.4 is 4.90 Å². The van der Waals surface area contributed by atoms with Gasteiger partial charge >= 0.3 is 0 Å². The molecule has 2 aromatic rings. The van der Waals surface area contributed by atoms with Crippen LogP contribution in [0, 0.1) is 0 Å². The zero-order chi connectivity index (χ0) is 15.7. The highest BCUT2D eigenvalue weighted by atomic mass is 32.2. The van der Waals surface area contributed by atoms with Crippen LogP contribution in [0.2, 0.25) is 0 Å². The van der Waals surface area contributed by atoms with Gasteiger partial charge in [0.15, 0.2) is 0 Å². The van der Waals surface area contributed by atoms with E-state index in [4.69, 9.17) is 0 Å². The van der Waals surface area contributed by atoms with Crippen LogP contribution in [0.1, 0.15) is 5.56 Å². The van der Waals surface area contributed by atoms with Crippen molar-refractivity contribution < 1.29 is 19.8 Å². The van der Waals surface area contributed by atoms with Gasteiger partial charge in [-0.15, -0.1) is 0 Å². The molecule has 2 aromatic carbocycles. The van der Waals surface area contributed by atoms with E-state index in [9.17, 15) is 19.8 Å². The van der Waals surface area contributed by atoms with Crippen LogP contribution in [0.25, 0.3) is 6.08 Å². The second-order valence-electron chi connectivity index (χ2n) is 4.63. The van der Waals surface area contributed by atoms with Crippen molar-refractivity contribution in [1.29, 1.82) is 0 Å². The van der Waals surface area contributed by atoms with Crippen LogP contribution in [0.5, 0.6) is 11.5 Å². The quantitative estimate of drug-likeness (QED) is 0.831. The van der Waals surface area contributed by atoms with Crippen LogP contribution in [-0.2, 0) is 4.79 Å². The number of phenolic OH excluding ortho intramolecular Hbond substituents is 2. The number of hydrogen-bond acceptors (Lipinski definition) is 5. The average molecular weight is 313 g/mol. The number of carbonyl (C=O) groups is 2. The lowest BCUT2D eigenvalue weighted by Gasteiger charge is -2.12. The van der Waals surface area contributed by atoms with Crippen LogP contribution >= 0.6 is 11.8 Å². The molecular formula is C16H11NO4S. The molecule has 0 spiro atoms. The van der Waals surface area contributed by atoms with Crippen molar-refractivity contribution in [2.75, 3.05) is 4.90 Å². The summed E-state index contributed by atoms with van der Waals surface area (Å²) < 4.78 is 0. The number of rotatable bonds is 2. The smallest absolute Gasteiger partial charge is 0.298 e. The van der Waals surface area contributed by atoms with E-state index in [-0.39, 0.29) is 16.7 Å². The molecule has 3 rings (SSSR count). The number of aromatic hydroxyl groups is 2. The topological polar surface area (TPSA) is 77.8 Å². The van der Waals surface area contributed by atoms with Gasteiger partial charge in [-0.05, 0) is 59.8 Å². The summed E-state index contributed by atoms with van der Waals surface area (Å²) in [5.41, 5.74) is 1.13. The summed E-state index contributed by atoms with van der Waals surface area (Å²) in [6.45, 7) is 0. The third-order valence-corrected chi connectivity index (χ3v) is 3.96. The summed E-state index contributed by atoms with van der Waals surface area (Å²) in [5, 5.41) is 18.1. The molecule has 2 N–H and O–H groups in total. The third-order valence-electron chi connectivity index (χ3n) is 3.09. The van der Waals surface area contributed by atoms with Crippen molar-refractivity contribution in [2.45, 2.75) is 0 Å². The maximum Gasteiger partial charge on any atom is 0.298 e. The number of phenols is 2. The Morgan fingerprint density at radius 2 is 1.41 bits per heavy atom. The number of imide groups is 1. The standard InChI is InChI=1S/C16H11NO4S/c18-12-5-1-10(2-6-12)9-14-15(20)17(16(21)22-14)11-3-7-13(19)8-4-11/h1-9,18-19H/b14-9+. The molecule has 110 valence electrons. The molecule has 0 aliphatic carbocycles. The molecule has 1 aliphatic heterocycles. The van der Waals surface area contributed by atoms with Crippen molar-refractivity contribution in [1.82, 2.24) is 0 Å². The second-order valence-corrected chi connectivity index (χ2v) is 5.62. The molecule has 0 bridgehead atoms. The Kier molecular flexibility index (Phi) is 3.60. The van der Waals surface area contributed by atoms with E-state index in [1.807, 2.05) is 0 Å². The van der Waals surface area contributed by atoms with Crippen molar-refractivity contribution in [2.24, 2.45) is 0 Å². The van der Waals surface area contributed by atoms with Crippen molar-refractivity contribution in [3.05, 3.63) is 59.0 Å². The Morgan fingerprint density at radius 3 is 2.00 bits per heavy atom. The summed E-state index contributed by atoms with van der Waals surface area (Å²) in [6.07, 6.45) is 1.60. The van der Waals surface area contributed by atoms with Crippen LogP contribution in [0.15, 0.2) is 53.4 Å². The minimum atomic E-state index is -0.409. The fourth-order valence-electron chi connectivity index (χ4n) is 2.01. The molecule has 0 saturated carbocycles. The first kappa shape index (κ1) is 14.2. The normalized spacial score (nSPS) is 16.5. The van der Waals surface area contributed by atoms with Gasteiger partial charge in [-0.2, -0.15) is 0 Å². The molecule has 1 saturated heterocycles. The number of nitrogens with zero attached hydrogens (tertiary/aromatic N) is 1. The lowest BCUT2D eigenvalue weighted by atomic mass is 10.2. The predicted molar refractivity (Wildman–Crippen MR) is 84.7 cm³/mol. The molecule has 22 heavy (non-hydrogen) atoms. The summed E-state index contributed by atoms with van der Waals surface area (Å²) in [4.78, 5) is 25.8. The monoisotopic (exact) mass is 313 g/mol. The van der Waals surface area contributed by atoms with Gasteiger partial charge in [-0.25, -0.2) is 4.90 Å². The maximum atomic E-state index is 12.4.